The number of methoxy groups -OCH3 is 1. The van der Waals surface area contributed by atoms with Gasteiger partial charge in [-0.25, -0.2) is 0 Å². The van der Waals surface area contributed by atoms with Crippen LogP contribution in [0, 0.1) is 10.1 Å². The number of ether oxygens (including phenoxy) is 3. The Balaban J connectivity index is 2.29. The van der Waals surface area contributed by atoms with Crippen molar-refractivity contribution in [3.05, 3.63) is 46.5 Å². The van der Waals surface area contributed by atoms with Crippen molar-refractivity contribution >= 4 is 17.1 Å². The summed E-state index contributed by atoms with van der Waals surface area (Å²) in [5.74, 6) is 0.515. The van der Waals surface area contributed by atoms with Crippen molar-refractivity contribution in [2.75, 3.05) is 19.0 Å². The lowest BCUT2D eigenvalue weighted by Crippen LogP contribution is -2.05. The van der Waals surface area contributed by atoms with Crippen molar-refractivity contribution in [2.24, 2.45) is 0 Å². The minimum atomic E-state index is -3.17. The standard InChI is InChI=1S/C16H16F2N2O5/c1-3-24-13-7-5-11(9-15(13)23-2)19-10-4-6-12(20(21)22)14(8-10)25-16(17)18/h4-9,16,19H,3H2,1-2H3. The molecule has 2 aromatic carbocycles. The number of nitrogens with zero attached hydrogens (tertiary/aromatic N) is 1. The van der Waals surface area contributed by atoms with Gasteiger partial charge in [0.05, 0.1) is 18.6 Å². The molecule has 0 fully saturated rings. The van der Waals surface area contributed by atoms with Gasteiger partial charge in [0.2, 0.25) is 5.75 Å². The summed E-state index contributed by atoms with van der Waals surface area (Å²) in [6, 6.07) is 8.65. The Morgan fingerprint density at radius 2 is 1.76 bits per heavy atom. The van der Waals surface area contributed by atoms with Crippen LogP contribution in [0.4, 0.5) is 25.8 Å². The number of nitrogens with one attached hydrogen (secondary N) is 1. The third kappa shape index (κ3) is 4.69. The summed E-state index contributed by atoms with van der Waals surface area (Å²) >= 11 is 0. The van der Waals surface area contributed by atoms with E-state index in [1.165, 1.54) is 13.2 Å². The summed E-state index contributed by atoms with van der Waals surface area (Å²) in [6.45, 7) is -0.855. The van der Waals surface area contributed by atoms with E-state index >= 15 is 0 Å². The Bertz CT molecular complexity index is 755. The van der Waals surface area contributed by atoms with Crippen molar-refractivity contribution in [1.29, 1.82) is 0 Å². The maximum Gasteiger partial charge on any atom is 0.387 e. The number of halogens is 2. The Morgan fingerprint density at radius 1 is 1.12 bits per heavy atom. The first-order valence-corrected chi connectivity index (χ1v) is 7.25. The number of rotatable bonds is 8. The zero-order chi connectivity index (χ0) is 18.4. The Hall–Kier alpha value is -3.10. The van der Waals surface area contributed by atoms with E-state index in [2.05, 4.69) is 10.1 Å². The molecule has 0 radical (unpaired) electrons. The second-order valence-electron chi connectivity index (χ2n) is 4.74. The Kier molecular flexibility index (Phi) is 5.93. The van der Waals surface area contributed by atoms with Crippen LogP contribution in [-0.2, 0) is 0 Å². The van der Waals surface area contributed by atoms with Gasteiger partial charge in [0.1, 0.15) is 0 Å². The van der Waals surface area contributed by atoms with E-state index in [0.717, 1.165) is 12.1 Å². The molecule has 0 aliphatic rings. The molecule has 0 atom stereocenters. The van der Waals surface area contributed by atoms with E-state index in [9.17, 15) is 18.9 Å². The summed E-state index contributed by atoms with van der Waals surface area (Å²) in [5.41, 5.74) is 0.375. The second kappa shape index (κ2) is 8.13. The molecule has 0 aliphatic carbocycles. The van der Waals surface area contributed by atoms with E-state index in [-0.39, 0.29) is 0 Å². The number of benzene rings is 2. The van der Waals surface area contributed by atoms with Gasteiger partial charge in [-0.1, -0.05) is 0 Å². The molecule has 2 rings (SSSR count). The fraction of sp³-hybridized carbons (Fsp3) is 0.250. The molecule has 7 nitrogen and oxygen atoms in total. The minimum Gasteiger partial charge on any atom is -0.493 e. The van der Waals surface area contributed by atoms with Gasteiger partial charge in [0, 0.05) is 29.6 Å². The van der Waals surface area contributed by atoms with E-state index in [1.54, 1.807) is 18.2 Å². The molecule has 1 N–H and O–H groups in total. The topological polar surface area (TPSA) is 82.9 Å². The highest BCUT2D eigenvalue weighted by Crippen LogP contribution is 2.35. The maximum absolute atomic E-state index is 12.4. The number of nitro benzene ring substituents is 1. The molecule has 134 valence electrons. The van der Waals surface area contributed by atoms with E-state index in [0.29, 0.717) is 29.5 Å². The van der Waals surface area contributed by atoms with E-state index in [4.69, 9.17) is 9.47 Å². The molecule has 0 saturated heterocycles. The predicted octanol–water partition coefficient (Wildman–Crippen LogP) is 4.35. The number of nitro groups is 1. The van der Waals surface area contributed by atoms with Crippen molar-refractivity contribution < 1.29 is 27.9 Å². The molecule has 0 aromatic heterocycles. The normalized spacial score (nSPS) is 10.4. The van der Waals surface area contributed by atoms with Crippen LogP contribution in [0.3, 0.4) is 0 Å². The summed E-state index contributed by atoms with van der Waals surface area (Å²) in [4.78, 5) is 10.1. The van der Waals surface area contributed by atoms with Crippen molar-refractivity contribution in [2.45, 2.75) is 13.5 Å². The molecule has 9 heteroatoms. The molecule has 0 spiro atoms. The molecule has 0 saturated carbocycles. The molecule has 0 unspecified atom stereocenters. The first-order chi connectivity index (χ1) is 11.9. The molecule has 0 heterocycles. The average molecular weight is 354 g/mol. The summed E-state index contributed by atoms with van der Waals surface area (Å²) in [5, 5.41) is 13.8. The maximum atomic E-state index is 12.4. The van der Waals surface area contributed by atoms with Crippen molar-refractivity contribution in [3.63, 3.8) is 0 Å². The van der Waals surface area contributed by atoms with Crippen LogP contribution in [0.25, 0.3) is 0 Å². The lowest BCUT2D eigenvalue weighted by atomic mass is 10.2. The van der Waals surface area contributed by atoms with Gasteiger partial charge >= 0.3 is 12.3 Å². The molecule has 0 aliphatic heterocycles. The van der Waals surface area contributed by atoms with Crippen molar-refractivity contribution in [3.8, 4) is 17.2 Å². The Morgan fingerprint density at radius 3 is 2.32 bits per heavy atom. The fourth-order valence-electron chi connectivity index (χ4n) is 2.12. The molecular formula is C16H16F2N2O5. The molecule has 25 heavy (non-hydrogen) atoms. The number of hydrogen-bond donors (Lipinski definition) is 1. The van der Waals surface area contributed by atoms with Gasteiger partial charge in [-0.2, -0.15) is 8.78 Å². The smallest absolute Gasteiger partial charge is 0.387 e. The quantitative estimate of drug-likeness (QED) is 0.561. The third-order valence-electron chi connectivity index (χ3n) is 3.12. The highest BCUT2D eigenvalue weighted by molar-refractivity contribution is 5.67. The number of alkyl halides is 2. The molecular weight excluding hydrogens is 338 g/mol. The van der Waals surface area contributed by atoms with Crippen LogP contribution < -0.4 is 19.5 Å². The monoisotopic (exact) mass is 354 g/mol. The average Bonchev–Trinajstić information content (AvgIpc) is 2.55. The van der Waals surface area contributed by atoms with Crippen LogP contribution in [0.15, 0.2) is 36.4 Å². The van der Waals surface area contributed by atoms with Crippen LogP contribution in [0.1, 0.15) is 6.92 Å². The first kappa shape index (κ1) is 18.2. The first-order valence-electron chi connectivity index (χ1n) is 7.25. The lowest BCUT2D eigenvalue weighted by Gasteiger charge is -2.13. The highest BCUT2D eigenvalue weighted by Gasteiger charge is 2.19. The minimum absolute atomic E-state index is 0.340. The van der Waals surface area contributed by atoms with E-state index in [1.807, 2.05) is 6.92 Å². The van der Waals surface area contributed by atoms with Crippen molar-refractivity contribution in [1.82, 2.24) is 0 Å². The van der Waals surface area contributed by atoms with Gasteiger partial charge in [0.25, 0.3) is 0 Å². The van der Waals surface area contributed by atoms with Crippen LogP contribution in [0.5, 0.6) is 17.2 Å². The van der Waals surface area contributed by atoms with Crippen LogP contribution in [-0.4, -0.2) is 25.3 Å². The van der Waals surface area contributed by atoms with Gasteiger partial charge < -0.3 is 19.5 Å². The second-order valence-corrected chi connectivity index (χ2v) is 4.74. The van der Waals surface area contributed by atoms with Crippen LogP contribution >= 0.6 is 0 Å². The SMILES string of the molecule is CCOc1ccc(Nc2ccc([N+](=O)[O-])c(OC(F)F)c2)cc1OC. The zero-order valence-corrected chi connectivity index (χ0v) is 13.5. The van der Waals surface area contributed by atoms with Crippen LogP contribution in [0.2, 0.25) is 0 Å². The molecule has 0 amide bonds. The van der Waals surface area contributed by atoms with Gasteiger partial charge in [0.15, 0.2) is 11.5 Å². The number of hydrogen-bond acceptors (Lipinski definition) is 6. The summed E-state index contributed by atoms with van der Waals surface area (Å²) in [7, 11) is 1.49. The Labute approximate surface area is 142 Å². The fourth-order valence-corrected chi connectivity index (χ4v) is 2.12. The van der Waals surface area contributed by atoms with E-state index < -0.39 is 23.0 Å². The summed E-state index contributed by atoms with van der Waals surface area (Å²) < 4.78 is 39.7. The molecule has 0 bridgehead atoms. The van der Waals surface area contributed by atoms with Gasteiger partial charge in [-0.3, -0.25) is 10.1 Å². The third-order valence-corrected chi connectivity index (χ3v) is 3.12. The summed E-state index contributed by atoms with van der Waals surface area (Å²) in [6.07, 6.45) is 0. The van der Waals surface area contributed by atoms with Gasteiger partial charge in [-0.15, -0.1) is 0 Å². The number of anilines is 2. The lowest BCUT2D eigenvalue weighted by molar-refractivity contribution is -0.386. The predicted molar refractivity (Wildman–Crippen MR) is 87.2 cm³/mol. The highest BCUT2D eigenvalue weighted by atomic mass is 19.3. The van der Waals surface area contributed by atoms with Gasteiger partial charge in [-0.05, 0) is 25.1 Å². The largest absolute Gasteiger partial charge is 0.493 e. The molecule has 2 aromatic rings. The zero-order valence-electron chi connectivity index (χ0n) is 13.5.